The van der Waals surface area contributed by atoms with Gasteiger partial charge in [-0.25, -0.2) is 4.90 Å². The number of para-hydroxylation sites is 1. The number of anilines is 2. The second kappa shape index (κ2) is 6.69. The van der Waals surface area contributed by atoms with Gasteiger partial charge < -0.3 is 5.32 Å². The van der Waals surface area contributed by atoms with Gasteiger partial charge in [-0.15, -0.1) is 0 Å². The highest BCUT2D eigenvalue weighted by Gasteiger charge is 2.75. The van der Waals surface area contributed by atoms with Crippen LogP contribution in [0.5, 0.6) is 0 Å². The first-order valence-electron chi connectivity index (χ1n) is 11.3. The Morgan fingerprint density at radius 2 is 1.79 bits per heavy atom. The van der Waals surface area contributed by atoms with Crippen molar-refractivity contribution in [3.05, 3.63) is 58.7 Å². The molecule has 0 unspecified atom stereocenters. The first-order chi connectivity index (χ1) is 16.1. The molecule has 1 spiro atoms. The van der Waals surface area contributed by atoms with Crippen molar-refractivity contribution in [1.82, 2.24) is 4.90 Å². The summed E-state index contributed by atoms with van der Waals surface area (Å²) in [6.45, 7) is 4.30. The maximum Gasteiger partial charge on any atom is 0.418 e. The third kappa shape index (κ3) is 2.43. The number of carbonyl (C=O) groups is 3. The number of imide groups is 1. The fraction of sp³-hybridized carbons (Fsp3) is 0.400. The largest absolute Gasteiger partial charge is 0.418 e. The lowest BCUT2D eigenvalue weighted by Gasteiger charge is -2.37. The minimum Gasteiger partial charge on any atom is -0.324 e. The molecule has 9 heteroatoms. The number of amides is 3. The lowest BCUT2D eigenvalue weighted by Crippen LogP contribution is -2.54. The van der Waals surface area contributed by atoms with Gasteiger partial charge in [0.1, 0.15) is 5.54 Å². The third-order valence-corrected chi connectivity index (χ3v) is 7.89. The zero-order valence-corrected chi connectivity index (χ0v) is 18.6. The maximum atomic E-state index is 13.9. The van der Waals surface area contributed by atoms with E-state index >= 15 is 0 Å². The highest BCUT2D eigenvalue weighted by Crippen LogP contribution is 2.61. The second-order valence-corrected chi connectivity index (χ2v) is 9.66. The molecule has 6 rings (SSSR count). The summed E-state index contributed by atoms with van der Waals surface area (Å²) in [5.41, 5.74) is 0.0813. The molecule has 2 aromatic carbocycles. The summed E-state index contributed by atoms with van der Waals surface area (Å²) in [4.78, 5) is 44.0. The normalized spacial score (nSPS) is 30.2. The summed E-state index contributed by atoms with van der Waals surface area (Å²) in [6, 6.07) is 8.02. The number of hydrogen-bond acceptors (Lipinski definition) is 4. The molecule has 0 bridgehead atoms. The fourth-order valence-electron chi connectivity index (χ4n) is 6.81. The van der Waals surface area contributed by atoms with Crippen LogP contribution in [0.15, 0.2) is 36.4 Å². The predicted molar refractivity (Wildman–Crippen MR) is 117 cm³/mol. The Bertz CT molecular complexity index is 1290. The van der Waals surface area contributed by atoms with Gasteiger partial charge in [0.25, 0.3) is 0 Å². The molecule has 4 heterocycles. The van der Waals surface area contributed by atoms with E-state index in [-0.39, 0.29) is 11.9 Å². The topological polar surface area (TPSA) is 69.7 Å². The van der Waals surface area contributed by atoms with Crippen LogP contribution in [0.4, 0.5) is 24.5 Å². The van der Waals surface area contributed by atoms with Crippen molar-refractivity contribution >= 4 is 29.1 Å². The van der Waals surface area contributed by atoms with Gasteiger partial charge in [0, 0.05) is 17.3 Å². The molecule has 0 radical (unpaired) electrons. The van der Waals surface area contributed by atoms with Crippen LogP contribution in [-0.4, -0.2) is 35.2 Å². The van der Waals surface area contributed by atoms with Crippen molar-refractivity contribution in [2.45, 2.75) is 44.4 Å². The Morgan fingerprint density at radius 3 is 2.53 bits per heavy atom. The summed E-state index contributed by atoms with van der Waals surface area (Å²) in [6.07, 6.45) is -3.40. The molecule has 1 N–H and O–H groups in total. The molecule has 4 atom stereocenters. The van der Waals surface area contributed by atoms with Crippen molar-refractivity contribution in [2.24, 2.45) is 11.8 Å². The first-order valence-corrected chi connectivity index (χ1v) is 11.3. The van der Waals surface area contributed by atoms with Gasteiger partial charge >= 0.3 is 6.18 Å². The number of fused-ring (bicyclic) bond motifs is 7. The molecular formula is C25H22F3N3O3. The molecule has 0 saturated carbocycles. The maximum absolute atomic E-state index is 13.9. The van der Waals surface area contributed by atoms with Crippen molar-refractivity contribution in [1.29, 1.82) is 0 Å². The van der Waals surface area contributed by atoms with Gasteiger partial charge in [0.05, 0.1) is 23.1 Å². The first kappa shape index (κ1) is 21.3. The summed E-state index contributed by atoms with van der Waals surface area (Å²) < 4.78 is 41.3. The van der Waals surface area contributed by atoms with Crippen molar-refractivity contribution in [3.63, 3.8) is 0 Å². The van der Waals surface area contributed by atoms with E-state index in [1.165, 1.54) is 12.1 Å². The smallest absolute Gasteiger partial charge is 0.324 e. The Hall–Kier alpha value is -3.20. The van der Waals surface area contributed by atoms with Gasteiger partial charge in [0.15, 0.2) is 0 Å². The SMILES string of the molecule is Cc1cc(C)c2c(c1)[C@]1(C(=O)N2)[C@@H]2C(=O)N(c3ccccc3C(F)(F)F)C(=O)[C@H]2[C@@H]2CCCN21. The van der Waals surface area contributed by atoms with E-state index in [2.05, 4.69) is 5.32 Å². The van der Waals surface area contributed by atoms with Crippen molar-refractivity contribution < 1.29 is 27.6 Å². The quantitative estimate of drug-likeness (QED) is 0.646. The number of carbonyl (C=O) groups excluding carboxylic acids is 3. The van der Waals surface area contributed by atoms with E-state index in [1.807, 2.05) is 30.9 Å². The summed E-state index contributed by atoms with van der Waals surface area (Å²) in [5.74, 6) is -3.76. The van der Waals surface area contributed by atoms with Crippen LogP contribution < -0.4 is 10.2 Å². The number of nitrogens with zero attached hydrogens (tertiary/aromatic N) is 2. The number of hydrogen-bond donors (Lipinski definition) is 1. The third-order valence-electron chi connectivity index (χ3n) is 7.89. The van der Waals surface area contributed by atoms with Crippen LogP contribution >= 0.6 is 0 Å². The minimum absolute atomic E-state index is 0.386. The van der Waals surface area contributed by atoms with Gasteiger partial charge in [-0.1, -0.05) is 29.8 Å². The van der Waals surface area contributed by atoms with Crippen molar-refractivity contribution in [3.8, 4) is 0 Å². The zero-order chi connectivity index (χ0) is 24.2. The molecule has 6 nitrogen and oxygen atoms in total. The van der Waals surface area contributed by atoms with Crippen LogP contribution in [0.25, 0.3) is 0 Å². The highest BCUT2D eigenvalue weighted by atomic mass is 19.4. The van der Waals surface area contributed by atoms with Gasteiger partial charge in [-0.3, -0.25) is 19.3 Å². The van der Waals surface area contributed by atoms with E-state index in [4.69, 9.17) is 0 Å². The number of nitrogens with one attached hydrogen (secondary N) is 1. The van der Waals surface area contributed by atoms with Crippen molar-refractivity contribution in [2.75, 3.05) is 16.8 Å². The number of aryl methyl sites for hydroxylation is 2. The molecule has 34 heavy (non-hydrogen) atoms. The summed E-state index contributed by atoms with van der Waals surface area (Å²) in [5, 5.41) is 2.93. The molecule has 2 aromatic rings. The molecule has 4 aliphatic heterocycles. The monoisotopic (exact) mass is 469 g/mol. The van der Waals surface area contributed by atoms with Gasteiger partial charge in [-0.2, -0.15) is 13.2 Å². The van der Waals surface area contributed by atoms with Crippen LogP contribution in [0, 0.1) is 25.7 Å². The van der Waals surface area contributed by atoms with Gasteiger partial charge in [-0.05, 0) is 50.9 Å². The van der Waals surface area contributed by atoms with E-state index in [0.29, 0.717) is 29.1 Å². The van der Waals surface area contributed by atoms with Crippen LogP contribution in [0.3, 0.4) is 0 Å². The minimum atomic E-state index is -4.74. The van der Waals surface area contributed by atoms with E-state index in [9.17, 15) is 27.6 Å². The Balaban J connectivity index is 1.58. The number of halogens is 3. The van der Waals surface area contributed by atoms with Gasteiger partial charge in [0.2, 0.25) is 17.7 Å². The zero-order valence-electron chi connectivity index (χ0n) is 18.6. The van der Waals surface area contributed by atoms with E-state index < -0.39 is 46.6 Å². The molecule has 3 fully saturated rings. The Kier molecular flexibility index (Phi) is 4.20. The van der Waals surface area contributed by atoms with E-state index in [1.54, 1.807) is 0 Å². The summed E-state index contributed by atoms with van der Waals surface area (Å²) in [7, 11) is 0. The fourth-order valence-corrected chi connectivity index (χ4v) is 6.81. The lowest BCUT2D eigenvalue weighted by atomic mass is 9.75. The standard InChI is InChI=1S/C25H22F3N3O3/c1-12-10-13(2)20-15(11-12)24(23(34)29-20)19-18(17-8-5-9-30(17)24)21(32)31(22(19)33)16-7-4-3-6-14(16)25(26,27)28/h3-4,6-7,10-11,17-19H,5,8-9H2,1-2H3,(H,29,34)/t17-,18-,19-,24+/m0/s1. The summed E-state index contributed by atoms with van der Waals surface area (Å²) >= 11 is 0. The molecule has 3 amide bonds. The second-order valence-electron chi connectivity index (χ2n) is 9.66. The number of rotatable bonds is 1. The number of benzene rings is 2. The lowest BCUT2D eigenvalue weighted by molar-refractivity contribution is -0.138. The van der Waals surface area contributed by atoms with Crippen LogP contribution in [0.1, 0.15) is 35.1 Å². The molecule has 4 aliphatic rings. The molecular weight excluding hydrogens is 447 g/mol. The average Bonchev–Trinajstić information content (AvgIpc) is 3.46. The molecule has 0 aliphatic carbocycles. The average molecular weight is 469 g/mol. The molecule has 0 aromatic heterocycles. The highest BCUT2D eigenvalue weighted by molar-refractivity contribution is 6.26. The predicted octanol–water partition coefficient (Wildman–Crippen LogP) is 3.75. The molecule has 3 saturated heterocycles. The Morgan fingerprint density at radius 1 is 1.06 bits per heavy atom. The molecule has 176 valence electrons. The Labute approximate surface area is 193 Å². The van der Waals surface area contributed by atoms with Crippen LogP contribution in [0.2, 0.25) is 0 Å². The van der Waals surface area contributed by atoms with Crippen LogP contribution in [-0.2, 0) is 26.1 Å². The van der Waals surface area contributed by atoms with E-state index in [0.717, 1.165) is 29.7 Å². The number of alkyl halides is 3.